The first-order valence-electron chi connectivity index (χ1n) is 12.1. The Labute approximate surface area is 197 Å². The molecule has 0 saturated carbocycles. The van der Waals surface area contributed by atoms with Gasteiger partial charge >= 0.3 is 0 Å². The molecular formula is C26H36N6O. The van der Waals surface area contributed by atoms with Crippen LogP contribution in [0.15, 0.2) is 48.8 Å². The first-order valence-corrected chi connectivity index (χ1v) is 12.1. The Morgan fingerprint density at radius 1 is 0.970 bits per heavy atom. The maximum Gasteiger partial charge on any atom is 0.256 e. The Balaban J connectivity index is 1.42. The molecule has 1 amide bonds. The topological polar surface area (TPSA) is 58.3 Å². The van der Waals surface area contributed by atoms with E-state index in [2.05, 4.69) is 41.1 Å². The Morgan fingerprint density at radius 3 is 2.24 bits per heavy atom. The summed E-state index contributed by atoms with van der Waals surface area (Å²) in [5.41, 5.74) is 3.48. The third-order valence-corrected chi connectivity index (χ3v) is 6.33. The van der Waals surface area contributed by atoms with E-state index in [0.717, 1.165) is 56.3 Å². The quantitative estimate of drug-likeness (QED) is 0.510. The van der Waals surface area contributed by atoms with Crippen LogP contribution in [0.25, 0.3) is 11.5 Å². The van der Waals surface area contributed by atoms with Gasteiger partial charge in [0.15, 0.2) is 5.82 Å². The summed E-state index contributed by atoms with van der Waals surface area (Å²) in [6.07, 6.45) is 6.08. The van der Waals surface area contributed by atoms with E-state index in [4.69, 9.17) is 5.10 Å². The SMILES string of the molecule is CCCN1CCN(CCCNC(=O)c2c(C)nn(-c3ccc(C)cc3)c2-n2cccc2)CC1. The van der Waals surface area contributed by atoms with Crippen molar-refractivity contribution < 1.29 is 4.79 Å². The van der Waals surface area contributed by atoms with E-state index in [1.165, 1.54) is 18.5 Å². The second kappa shape index (κ2) is 10.8. The zero-order valence-corrected chi connectivity index (χ0v) is 20.1. The summed E-state index contributed by atoms with van der Waals surface area (Å²) >= 11 is 0. The van der Waals surface area contributed by atoms with Crippen LogP contribution in [-0.2, 0) is 0 Å². The average Bonchev–Trinajstić information content (AvgIpc) is 3.46. The minimum atomic E-state index is -0.0673. The minimum absolute atomic E-state index is 0.0673. The molecule has 1 aliphatic rings. The number of aryl methyl sites for hydroxylation is 2. The smallest absolute Gasteiger partial charge is 0.256 e. The molecule has 0 radical (unpaired) electrons. The number of nitrogens with one attached hydrogen (secondary N) is 1. The van der Waals surface area contributed by atoms with Crippen molar-refractivity contribution in [2.45, 2.75) is 33.6 Å². The summed E-state index contributed by atoms with van der Waals surface area (Å²) in [6, 6.07) is 12.1. The predicted octanol–water partition coefficient (Wildman–Crippen LogP) is 3.43. The van der Waals surface area contributed by atoms with Gasteiger partial charge in [0, 0.05) is 45.1 Å². The fraction of sp³-hybridized carbons (Fsp3) is 0.462. The highest BCUT2D eigenvalue weighted by Crippen LogP contribution is 2.23. The molecule has 2 aromatic heterocycles. The van der Waals surface area contributed by atoms with Crippen molar-refractivity contribution in [2.24, 2.45) is 0 Å². The number of carbonyl (C=O) groups excluding carboxylic acids is 1. The van der Waals surface area contributed by atoms with Gasteiger partial charge in [-0.15, -0.1) is 0 Å². The lowest BCUT2D eigenvalue weighted by atomic mass is 10.2. The summed E-state index contributed by atoms with van der Waals surface area (Å²) in [7, 11) is 0. The first-order chi connectivity index (χ1) is 16.1. The molecule has 1 N–H and O–H groups in total. The van der Waals surface area contributed by atoms with E-state index in [1.54, 1.807) is 0 Å². The van der Waals surface area contributed by atoms with Crippen molar-refractivity contribution in [3.8, 4) is 11.5 Å². The van der Waals surface area contributed by atoms with Gasteiger partial charge in [0.05, 0.1) is 11.4 Å². The summed E-state index contributed by atoms with van der Waals surface area (Å²) in [6.45, 7) is 13.6. The molecule has 0 unspecified atom stereocenters. The third-order valence-electron chi connectivity index (χ3n) is 6.33. The molecule has 1 aliphatic heterocycles. The van der Waals surface area contributed by atoms with Gasteiger partial charge in [0.1, 0.15) is 5.56 Å². The van der Waals surface area contributed by atoms with Crippen molar-refractivity contribution in [3.05, 3.63) is 65.6 Å². The van der Waals surface area contributed by atoms with Crippen LogP contribution in [0.5, 0.6) is 0 Å². The fourth-order valence-corrected chi connectivity index (χ4v) is 4.51. The summed E-state index contributed by atoms with van der Waals surface area (Å²) in [4.78, 5) is 18.3. The second-order valence-corrected chi connectivity index (χ2v) is 8.91. The summed E-state index contributed by atoms with van der Waals surface area (Å²) in [5.74, 6) is 0.702. The summed E-state index contributed by atoms with van der Waals surface area (Å²) in [5, 5.41) is 7.88. The highest BCUT2D eigenvalue weighted by atomic mass is 16.1. The zero-order valence-electron chi connectivity index (χ0n) is 20.1. The van der Waals surface area contributed by atoms with Crippen LogP contribution in [0.3, 0.4) is 0 Å². The number of aromatic nitrogens is 3. The van der Waals surface area contributed by atoms with Crippen LogP contribution in [0.2, 0.25) is 0 Å². The Bertz CT molecular complexity index is 1030. The Morgan fingerprint density at radius 2 is 1.61 bits per heavy atom. The molecule has 7 nitrogen and oxygen atoms in total. The van der Waals surface area contributed by atoms with Gasteiger partial charge < -0.3 is 19.7 Å². The van der Waals surface area contributed by atoms with Gasteiger partial charge in [-0.3, -0.25) is 4.79 Å². The Kier molecular flexibility index (Phi) is 7.62. The van der Waals surface area contributed by atoms with Crippen molar-refractivity contribution in [1.82, 2.24) is 29.5 Å². The highest BCUT2D eigenvalue weighted by Gasteiger charge is 2.23. The van der Waals surface area contributed by atoms with E-state index in [1.807, 2.05) is 52.8 Å². The molecule has 7 heteroatoms. The van der Waals surface area contributed by atoms with Gasteiger partial charge in [0.2, 0.25) is 0 Å². The number of piperazine rings is 1. The van der Waals surface area contributed by atoms with Crippen molar-refractivity contribution in [3.63, 3.8) is 0 Å². The molecular weight excluding hydrogens is 412 g/mol. The van der Waals surface area contributed by atoms with Crippen LogP contribution in [-0.4, -0.2) is 75.9 Å². The van der Waals surface area contributed by atoms with Crippen molar-refractivity contribution in [1.29, 1.82) is 0 Å². The predicted molar refractivity (Wildman–Crippen MR) is 132 cm³/mol. The number of hydrogen-bond acceptors (Lipinski definition) is 4. The van der Waals surface area contributed by atoms with Crippen molar-refractivity contribution in [2.75, 3.05) is 45.8 Å². The standard InChI is InChI=1S/C26H36N6O/c1-4-13-29-17-19-30(20-18-29)14-7-12-27-25(33)24-22(3)28-32(23-10-8-21(2)9-11-23)26(24)31-15-5-6-16-31/h5-6,8-11,15-16H,4,7,12-14,17-20H2,1-3H3,(H,27,33). The number of rotatable bonds is 9. The molecule has 4 rings (SSSR count). The normalized spacial score (nSPS) is 15.1. The molecule has 1 saturated heterocycles. The van der Waals surface area contributed by atoms with Crippen LogP contribution < -0.4 is 5.32 Å². The molecule has 176 valence electrons. The molecule has 0 aliphatic carbocycles. The zero-order chi connectivity index (χ0) is 23.2. The lowest BCUT2D eigenvalue weighted by molar-refractivity contribution is 0.0947. The largest absolute Gasteiger partial charge is 0.352 e. The average molecular weight is 449 g/mol. The second-order valence-electron chi connectivity index (χ2n) is 8.91. The number of benzene rings is 1. The lowest BCUT2D eigenvalue weighted by Crippen LogP contribution is -2.47. The molecule has 0 bridgehead atoms. The van der Waals surface area contributed by atoms with E-state index in [-0.39, 0.29) is 5.91 Å². The minimum Gasteiger partial charge on any atom is -0.352 e. The van der Waals surface area contributed by atoms with Crippen LogP contribution in [0.1, 0.15) is 41.4 Å². The number of nitrogens with zero attached hydrogens (tertiary/aromatic N) is 5. The van der Waals surface area contributed by atoms with Crippen LogP contribution in [0.4, 0.5) is 0 Å². The fourth-order valence-electron chi connectivity index (χ4n) is 4.51. The van der Waals surface area contributed by atoms with E-state index in [0.29, 0.717) is 12.1 Å². The molecule has 1 fully saturated rings. The Hall–Kier alpha value is -2.90. The highest BCUT2D eigenvalue weighted by molar-refractivity contribution is 5.98. The number of amides is 1. The van der Waals surface area contributed by atoms with Gasteiger partial charge in [-0.25, -0.2) is 4.68 Å². The summed E-state index contributed by atoms with van der Waals surface area (Å²) < 4.78 is 3.82. The molecule has 0 atom stereocenters. The lowest BCUT2D eigenvalue weighted by Gasteiger charge is -2.34. The van der Waals surface area contributed by atoms with E-state index < -0.39 is 0 Å². The monoisotopic (exact) mass is 448 g/mol. The van der Waals surface area contributed by atoms with Crippen LogP contribution >= 0.6 is 0 Å². The van der Waals surface area contributed by atoms with Crippen LogP contribution in [0, 0.1) is 13.8 Å². The maximum absolute atomic E-state index is 13.2. The van der Waals surface area contributed by atoms with Gasteiger partial charge in [-0.05, 0) is 64.0 Å². The number of hydrogen-bond donors (Lipinski definition) is 1. The molecule has 1 aromatic carbocycles. The molecule has 3 heterocycles. The number of carbonyl (C=O) groups is 1. The van der Waals surface area contributed by atoms with Gasteiger partial charge in [-0.2, -0.15) is 5.10 Å². The molecule has 0 spiro atoms. The van der Waals surface area contributed by atoms with Gasteiger partial charge in [0.25, 0.3) is 5.91 Å². The third kappa shape index (κ3) is 5.54. The molecule has 33 heavy (non-hydrogen) atoms. The van der Waals surface area contributed by atoms with Crippen molar-refractivity contribution >= 4 is 5.91 Å². The first kappa shape index (κ1) is 23.3. The van der Waals surface area contributed by atoms with Gasteiger partial charge in [-0.1, -0.05) is 24.6 Å². The molecule has 3 aromatic rings. The van der Waals surface area contributed by atoms with E-state index in [9.17, 15) is 4.79 Å². The van der Waals surface area contributed by atoms with E-state index >= 15 is 0 Å². The maximum atomic E-state index is 13.2.